The first-order valence-electron chi connectivity index (χ1n) is 8.61. The van der Waals surface area contributed by atoms with Crippen molar-refractivity contribution >= 4 is 11.8 Å². The molecule has 27 heavy (non-hydrogen) atoms. The first kappa shape index (κ1) is 20.3. The Bertz CT molecular complexity index is 761. The number of hydrogen-bond acceptors (Lipinski definition) is 5. The second-order valence-corrected chi connectivity index (χ2v) is 5.74. The van der Waals surface area contributed by atoms with Gasteiger partial charge in [0.1, 0.15) is 11.5 Å². The molecule has 7 nitrogen and oxygen atoms in total. The van der Waals surface area contributed by atoms with E-state index in [1.54, 1.807) is 56.5 Å². The molecule has 0 aromatic heterocycles. The predicted octanol–water partition coefficient (Wildman–Crippen LogP) is 2.46. The minimum absolute atomic E-state index is 0.403. The minimum atomic E-state index is -0.789. The summed E-state index contributed by atoms with van der Waals surface area (Å²) in [7, 11) is 1.58. The van der Waals surface area contributed by atoms with E-state index in [9.17, 15) is 9.59 Å². The lowest BCUT2D eigenvalue weighted by Crippen LogP contribution is -2.47. The van der Waals surface area contributed by atoms with Crippen molar-refractivity contribution in [2.24, 2.45) is 0 Å². The van der Waals surface area contributed by atoms with Gasteiger partial charge >= 0.3 is 0 Å². The molecule has 0 radical (unpaired) electrons. The van der Waals surface area contributed by atoms with Gasteiger partial charge in [0.2, 0.25) is 0 Å². The fourth-order valence-corrected chi connectivity index (χ4v) is 2.30. The van der Waals surface area contributed by atoms with Crippen molar-refractivity contribution in [3.63, 3.8) is 0 Å². The van der Waals surface area contributed by atoms with Crippen LogP contribution < -0.4 is 20.3 Å². The van der Waals surface area contributed by atoms with Crippen molar-refractivity contribution in [3.8, 4) is 11.5 Å². The second-order valence-electron chi connectivity index (χ2n) is 5.74. The maximum atomic E-state index is 12.2. The van der Waals surface area contributed by atoms with Gasteiger partial charge in [-0.25, -0.2) is 0 Å². The predicted molar refractivity (Wildman–Crippen MR) is 100 cm³/mol. The van der Waals surface area contributed by atoms with Gasteiger partial charge in [-0.1, -0.05) is 12.1 Å². The number of carbonyl (C=O) groups excluding carboxylic acids is 2. The number of benzene rings is 2. The van der Waals surface area contributed by atoms with Crippen molar-refractivity contribution in [2.75, 3.05) is 13.7 Å². The van der Waals surface area contributed by atoms with Crippen LogP contribution >= 0.6 is 0 Å². The molecule has 0 aliphatic rings. The molecule has 2 aromatic rings. The van der Waals surface area contributed by atoms with E-state index in [0.717, 1.165) is 11.3 Å². The number of methoxy groups -OCH3 is 1. The summed E-state index contributed by atoms with van der Waals surface area (Å²) in [5.41, 5.74) is 6.03. The fourth-order valence-electron chi connectivity index (χ4n) is 2.30. The van der Waals surface area contributed by atoms with Crippen LogP contribution in [-0.4, -0.2) is 31.6 Å². The van der Waals surface area contributed by atoms with Crippen LogP contribution in [0, 0.1) is 0 Å². The van der Waals surface area contributed by atoms with Gasteiger partial charge in [0.05, 0.1) is 13.2 Å². The quantitative estimate of drug-likeness (QED) is 0.695. The Kier molecular flexibility index (Phi) is 7.63. The summed E-state index contributed by atoms with van der Waals surface area (Å²) in [5, 5.41) is 0. The zero-order chi connectivity index (χ0) is 19.6. The number of hydrazine groups is 1. The SMILES string of the molecule is CCOc1ccc(O[C@@H](C)C(=O)NNC(=O)c2cccc(COC)c2)cc1. The summed E-state index contributed by atoms with van der Waals surface area (Å²) >= 11 is 0. The molecule has 2 aromatic carbocycles. The maximum absolute atomic E-state index is 12.2. The first-order valence-corrected chi connectivity index (χ1v) is 8.61. The number of ether oxygens (including phenoxy) is 3. The third-order valence-corrected chi connectivity index (χ3v) is 3.62. The number of hydrogen-bond donors (Lipinski definition) is 2. The van der Waals surface area contributed by atoms with Crippen LogP contribution in [0.25, 0.3) is 0 Å². The van der Waals surface area contributed by atoms with E-state index in [1.165, 1.54) is 0 Å². The minimum Gasteiger partial charge on any atom is -0.494 e. The Hall–Kier alpha value is -3.06. The molecule has 0 aliphatic carbocycles. The van der Waals surface area contributed by atoms with Crippen molar-refractivity contribution in [3.05, 3.63) is 59.7 Å². The zero-order valence-corrected chi connectivity index (χ0v) is 15.7. The van der Waals surface area contributed by atoms with E-state index in [1.807, 2.05) is 13.0 Å². The van der Waals surface area contributed by atoms with E-state index in [0.29, 0.717) is 24.5 Å². The first-order chi connectivity index (χ1) is 13.0. The molecule has 0 bridgehead atoms. The van der Waals surface area contributed by atoms with Crippen LogP contribution in [0.15, 0.2) is 48.5 Å². The van der Waals surface area contributed by atoms with Gasteiger partial charge in [-0.3, -0.25) is 20.4 Å². The van der Waals surface area contributed by atoms with E-state index in [2.05, 4.69) is 10.9 Å². The van der Waals surface area contributed by atoms with Gasteiger partial charge in [0.25, 0.3) is 11.8 Å². The lowest BCUT2D eigenvalue weighted by atomic mass is 10.1. The molecule has 0 spiro atoms. The van der Waals surface area contributed by atoms with Gasteiger partial charge in [-0.2, -0.15) is 0 Å². The number of rotatable bonds is 8. The highest BCUT2D eigenvalue weighted by molar-refractivity contribution is 5.95. The van der Waals surface area contributed by atoms with Gasteiger partial charge < -0.3 is 14.2 Å². The van der Waals surface area contributed by atoms with Gasteiger partial charge in [-0.05, 0) is 55.8 Å². The highest BCUT2D eigenvalue weighted by Crippen LogP contribution is 2.18. The Morgan fingerprint density at radius 3 is 2.41 bits per heavy atom. The summed E-state index contributed by atoms with van der Waals surface area (Å²) in [4.78, 5) is 24.3. The second kappa shape index (κ2) is 10.2. The Morgan fingerprint density at radius 1 is 1.04 bits per heavy atom. The summed E-state index contributed by atoms with van der Waals surface area (Å²) < 4.78 is 16.0. The van der Waals surface area contributed by atoms with Gasteiger partial charge in [0.15, 0.2) is 6.10 Å². The van der Waals surface area contributed by atoms with Crippen LogP contribution in [0.5, 0.6) is 11.5 Å². The lowest BCUT2D eigenvalue weighted by Gasteiger charge is -2.15. The van der Waals surface area contributed by atoms with Crippen molar-refractivity contribution < 1.29 is 23.8 Å². The van der Waals surface area contributed by atoms with Crippen LogP contribution in [0.1, 0.15) is 29.8 Å². The monoisotopic (exact) mass is 372 g/mol. The van der Waals surface area contributed by atoms with Gasteiger partial charge in [0, 0.05) is 12.7 Å². The molecule has 0 saturated carbocycles. The molecule has 0 saturated heterocycles. The summed E-state index contributed by atoms with van der Waals surface area (Å²) in [5.74, 6) is 0.365. The molecule has 2 amide bonds. The molecular weight excluding hydrogens is 348 g/mol. The molecule has 1 atom stereocenters. The van der Waals surface area contributed by atoms with E-state index < -0.39 is 17.9 Å². The summed E-state index contributed by atoms with van der Waals surface area (Å²) in [6, 6.07) is 13.9. The van der Waals surface area contributed by atoms with E-state index in [-0.39, 0.29) is 0 Å². The topological polar surface area (TPSA) is 85.9 Å². The molecule has 0 unspecified atom stereocenters. The van der Waals surface area contributed by atoms with Crippen LogP contribution in [0.4, 0.5) is 0 Å². The molecule has 2 rings (SSSR count). The van der Waals surface area contributed by atoms with Crippen LogP contribution in [-0.2, 0) is 16.1 Å². The summed E-state index contributed by atoms with van der Waals surface area (Å²) in [6.07, 6.45) is -0.789. The smallest absolute Gasteiger partial charge is 0.279 e. The average molecular weight is 372 g/mol. The number of amides is 2. The molecular formula is C20H24N2O5. The van der Waals surface area contributed by atoms with Crippen LogP contribution in [0.3, 0.4) is 0 Å². The third-order valence-electron chi connectivity index (χ3n) is 3.62. The standard InChI is InChI=1S/C20H24N2O5/c1-4-26-17-8-10-18(11-9-17)27-14(2)19(23)21-22-20(24)16-7-5-6-15(12-16)13-25-3/h5-12,14H,4,13H2,1-3H3,(H,21,23)(H,22,24)/t14-/m0/s1. The molecule has 0 aliphatic heterocycles. The van der Waals surface area contributed by atoms with Crippen molar-refractivity contribution in [2.45, 2.75) is 26.6 Å². The molecule has 144 valence electrons. The van der Waals surface area contributed by atoms with Crippen molar-refractivity contribution in [1.29, 1.82) is 0 Å². The molecule has 0 fully saturated rings. The normalized spacial score (nSPS) is 11.4. The Morgan fingerprint density at radius 2 is 1.74 bits per heavy atom. The van der Waals surface area contributed by atoms with E-state index >= 15 is 0 Å². The zero-order valence-electron chi connectivity index (χ0n) is 15.7. The van der Waals surface area contributed by atoms with Gasteiger partial charge in [-0.15, -0.1) is 0 Å². The maximum Gasteiger partial charge on any atom is 0.279 e. The number of nitrogens with one attached hydrogen (secondary N) is 2. The van der Waals surface area contributed by atoms with Crippen LogP contribution in [0.2, 0.25) is 0 Å². The largest absolute Gasteiger partial charge is 0.494 e. The third kappa shape index (κ3) is 6.31. The Balaban J connectivity index is 1.85. The molecule has 7 heteroatoms. The fraction of sp³-hybridized carbons (Fsp3) is 0.300. The highest BCUT2D eigenvalue weighted by atomic mass is 16.5. The lowest BCUT2D eigenvalue weighted by molar-refractivity contribution is -0.128. The number of carbonyl (C=O) groups is 2. The highest BCUT2D eigenvalue weighted by Gasteiger charge is 2.16. The molecule has 0 heterocycles. The Labute approximate surface area is 158 Å². The average Bonchev–Trinajstić information content (AvgIpc) is 2.68. The molecule has 2 N–H and O–H groups in total. The summed E-state index contributed by atoms with van der Waals surface area (Å²) in [6.45, 7) is 4.48. The van der Waals surface area contributed by atoms with Crippen molar-refractivity contribution in [1.82, 2.24) is 10.9 Å². The van der Waals surface area contributed by atoms with E-state index in [4.69, 9.17) is 14.2 Å².